The van der Waals surface area contributed by atoms with Gasteiger partial charge < -0.3 is 5.32 Å². The Labute approximate surface area is 120 Å². The highest BCUT2D eigenvalue weighted by Gasteiger charge is 2.03. The first kappa shape index (κ1) is 13.3. The number of nitrogens with zero attached hydrogens (tertiary/aromatic N) is 2. The van der Waals surface area contributed by atoms with Gasteiger partial charge in [-0.05, 0) is 50.8 Å². The van der Waals surface area contributed by atoms with Crippen LogP contribution in [0.25, 0.3) is 11.0 Å². The third-order valence-corrected chi connectivity index (χ3v) is 3.81. The summed E-state index contributed by atoms with van der Waals surface area (Å²) in [5.41, 5.74) is 4.57. The maximum atomic E-state index is 4.62. The second-order valence-electron chi connectivity index (χ2n) is 5.38. The van der Waals surface area contributed by atoms with Crippen molar-refractivity contribution in [3.63, 3.8) is 0 Å². The molecule has 1 aliphatic rings. The molecular weight excluding hydrogens is 246 g/mol. The third kappa shape index (κ3) is 3.42. The lowest BCUT2D eigenvalue weighted by Gasteiger charge is -2.12. The van der Waals surface area contributed by atoms with Gasteiger partial charge in [0.25, 0.3) is 0 Å². The van der Waals surface area contributed by atoms with Crippen LogP contribution in [0.1, 0.15) is 37.8 Å². The predicted molar refractivity (Wildman–Crippen MR) is 82.4 cm³/mol. The molecule has 0 radical (unpaired) electrons. The fraction of sp³-hybridized carbons (Fsp3) is 0.412. The molecule has 2 aromatic rings. The first-order valence-electron chi connectivity index (χ1n) is 7.51. The Morgan fingerprint density at radius 2 is 2.00 bits per heavy atom. The fourth-order valence-corrected chi connectivity index (χ4v) is 2.68. The number of nitrogens with one attached hydrogen (secondary N) is 1. The van der Waals surface area contributed by atoms with Crippen molar-refractivity contribution in [3.05, 3.63) is 47.8 Å². The minimum Gasteiger partial charge on any atom is -0.311 e. The minimum absolute atomic E-state index is 0.797. The predicted octanol–water partition coefficient (Wildman–Crippen LogP) is 3.61. The molecular formula is C17H21N3. The van der Waals surface area contributed by atoms with E-state index in [9.17, 15) is 0 Å². The van der Waals surface area contributed by atoms with Crippen LogP contribution in [-0.2, 0) is 6.54 Å². The van der Waals surface area contributed by atoms with Gasteiger partial charge in [-0.25, -0.2) is 4.98 Å². The van der Waals surface area contributed by atoms with Crippen molar-refractivity contribution in [1.82, 2.24) is 15.3 Å². The Kier molecular flexibility index (Phi) is 4.38. The van der Waals surface area contributed by atoms with Crippen molar-refractivity contribution in [2.75, 3.05) is 6.54 Å². The Bertz CT molecular complexity index is 604. The third-order valence-electron chi connectivity index (χ3n) is 3.81. The summed E-state index contributed by atoms with van der Waals surface area (Å²) in [4.78, 5) is 9.06. The standard InChI is InChI=1S/C17H21N3/c1-2-6-14(7-3-1)10-11-18-12-15-13-19-16-8-4-5-9-17(16)20-15/h4-6,8-9,13,18H,1-3,7,10-12H2. The summed E-state index contributed by atoms with van der Waals surface area (Å²) < 4.78 is 0. The molecule has 0 fully saturated rings. The first-order chi connectivity index (χ1) is 9.92. The maximum absolute atomic E-state index is 4.62. The van der Waals surface area contributed by atoms with Crippen LogP contribution >= 0.6 is 0 Å². The Morgan fingerprint density at radius 3 is 2.85 bits per heavy atom. The van der Waals surface area contributed by atoms with Gasteiger partial charge >= 0.3 is 0 Å². The molecule has 0 aliphatic heterocycles. The molecule has 104 valence electrons. The lowest BCUT2D eigenvalue weighted by molar-refractivity contribution is 0.627. The quantitative estimate of drug-likeness (QED) is 0.664. The molecule has 0 saturated carbocycles. The number of fused-ring (bicyclic) bond motifs is 1. The second-order valence-corrected chi connectivity index (χ2v) is 5.38. The van der Waals surface area contributed by atoms with E-state index in [1.54, 1.807) is 5.57 Å². The number of para-hydroxylation sites is 2. The highest BCUT2D eigenvalue weighted by atomic mass is 14.9. The monoisotopic (exact) mass is 267 g/mol. The molecule has 1 N–H and O–H groups in total. The second kappa shape index (κ2) is 6.62. The zero-order chi connectivity index (χ0) is 13.6. The topological polar surface area (TPSA) is 37.8 Å². The van der Waals surface area contributed by atoms with E-state index in [0.29, 0.717) is 0 Å². The summed E-state index contributed by atoms with van der Waals surface area (Å²) in [6.45, 7) is 1.82. The number of allylic oxidation sites excluding steroid dienone is 1. The normalized spacial score (nSPS) is 15.3. The Morgan fingerprint density at radius 1 is 1.10 bits per heavy atom. The van der Waals surface area contributed by atoms with Crippen LogP contribution < -0.4 is 5.32 Å². The van der Waals surface area contributed by atoms with Crippen LogP contribution in [0.3, 0.4) is 0 Å². The molecule has 0 unspecified atom stereocenters. The van der Waals surface area contributed by atoms with Gasteiger partial charge in [0.2, 0.25) is 0 Å². The van der Waals surface area contributed by atoms with Gasteiger partial charge in [-0.1, -0.05) is 23.8 Å². The summed E-state index contributed by atoms with van der Waals surface area (Å²) in [5, 5.41) is 3.47. The van der Waals surface area contributed by atoms with E-state index in [-0.39, 0.29) is 0 Å². The largest absolute Gasteiger partial charge is 0.311 e. The lowest BCUT2D eigenvalue weighted by atomic mass is 9.97. The van der Waals surface area contributed by atoms with E-state index in [1.165, 1.54) is 32.1 Å². The van der Waals surface area contributed by atoms with Crippen molar-refractivity contribution in [2.45, 2.75) is 38.6 Å². The molecule has 1 heterocycles. The van der Waals surface area contributed by atoms with Crippen LogP contribution in [0.4, 0.5) is 0 Å². The zero-order valence-corrected chi connectivity index (χ0v) is 11.8. The van der Waals surface area contributed by atoms with Crippen LogP contribution in [0.5, 0.6) is 0 Å². The molecule has 0 amide bonds. The summed E-state index contributed by atoms with van der Waals surface area (Å²) in [6.07, 6.45) is 10.7. The molecule has 3 nitrogen and oxygen atoms in total. The van der Waals surface area contributed by atoms with Crippen molar-refractivity contribution in [3.8, 4) is 0 Å². The lowest BCUT2D eigenvalue weighted by Crippen LogP contribution is -2.16. The molecule has 0 saturated heterocycles. The summed E-state index contributed by atoms with van der Waals surface area (Å²) in [6, 6.07) is 8.00. The average Bonchev–Trinajstić information content (AvgIpc) is 2.52. The fourth-order valence-electron chi connectivity index (χ4n) is 2.68. The SMILES string of the molecule is C1=C(CCNCc2cnc3ccccc3n2)CCCC1. The highest BCUT2D eigenvalue weighted by molar-refractivity contribution is 5.73. The van der Waals surface area contributed by atoms with E-state index in [1.807, 2.05) is 30.5 Å². The molecule has 3 rings (SSSR count). The van der Waals surface area contributed by atoms with E-state index < -0.39 is 0 Å². The van der Waals surface area contributed by atoms with Gasteiger partial charge in [-0.2, -0.15) is 0 Å². The van der Waals surface area contributed by atoms with Crippen LogP contribution in [0.15, 0.2) is 42.1 Å². The molecule has 0 atom stereocenters. The smallest absolute Gasteiger partial charge is 0.0890 e. The number of hydrogen-bond acceptors (Lipinski definition) is 3. The van der Waals surface area contributed by atoms with Crippen LogP contribution in [0, 0.1) is 0 Å². The average molecular weight is 267 g/mol. The van der Waals surface area contributed by atoms with Crippen LogP contribution in [-0.4, -0.2) is 16.5 Å². The summed E-state index contributed by atoms with van der Waals surface area (Å²) in [5.74, 6) is 0. The Balaban J connectivity index is 1.50. The highest BCUT2D eigenvalue weighted by Crippen LogP contribution is 2.19. The summed E-state index contributed by atoms with van der Waals surface area (Å²) in [7, 11) is 0. The van der Waals surface area contributed by atoms with E-state index in [4.69, 9.17) is 0 Å². The van der Waals surface area contributed by atoms with Gasteiger partial charge in [0.05, 0.1) is 22.9 Å². The molecule has 0 bridgehead atoms. The summed E-state index contributed by atoms with van der Waals surface area (Å²) >= 11 is 0. The number of rotatable bonds is 5. The van der Waals surface area contributed by atoms with Crippen molar-refractivity contribution in [1.29, 1.82) is 0 Å². The van der Waals surface area contributed by atoms with E-state index >= 15 is 0 Å². The minimum atomic E-state index is 0.797. The van der Waals surface area contributed by atoms with E-state index in [0.717, 1.165) is 29.8 Å². The first-order valence-corrected chi connectivity index (χ1v) is 7.51. The molecule has 0 spiro atoms. The van der Waals surface area contributed by atoms with Gasteiger partial charge in [-0.15, -0.1) is 0 Å². The van der Waals surface area contributed by atoms with Gasteiger partial charge in [0, 0.05) is 6.54 Å². The zero-order valence-electron chi connectivity index (χ0n) is 11.8. The van der Waals surface area contributed by atoms with Crippen molar-refractivity contribution in [2.24, 2.45) is 0 Å². The number of hydrogen-bond donors (Lipinski definition) is 1. The molecule has 1 aromatic heterocycles. The number of benzene rings is 1. The Hall–Kier alpha value is -1.74. The molecule has 3 heteroatoms. The van der Waals surface area contributed by atoms with Gasteiger partial charge in [-0.3, -0.25) is 4.98 Å². The van der Waals surface area contributed by atoms with Crippen molar-refractivity contribution >= 4 is 11.0 Å². The molecule has 1 aromatic carbocycles. The molecule has 1 aliphatic carbocycles. The van der Waals surface area contributed by atoms with E-state index in [2.05, 4.69) is 21.4 Å². The number of aromatic nitrogens is 2. The van der Waals surface area contributed by atoms with Gasteiger partial charge in [0.15, 0.2) is 0 Å². The van der Waals surface area contributed by atoms with Crippen LogP contribution in [0.2, 0.25) is 0 Å². The van der Waals surface area contributed by atoms with Crippen molar-refractivity contribution < 1.29 is 0 Å². The van der Waals surface area contributed by atoms with Gasteiger partial charge in [0.1, 0.15) is 0 Å². The maximum Gasteiger partial charge on any atom is 0.0890 e. The molecule has 20 heavy (non-hydrogen) atoms.